The molecule has 1 aliphatic rings. The van der Waals surface area contributed by atoms with Gasteiger partial charge in [0, 0.05) is 25.6 Å². The highest BCUT2D eigenvalue weighted by Gasteiger charge is 2.25. The zero-order chi connectivity index (χ0) is 11.8. The summed E-state index contributed by atoms with van der Waals surface area (Å²) in [5.74, 6) is 0.103. The number of hydrogen-bond acceptors (Lipinski definition) is 3. The molecule has 4 heteroatoms. The molecule has 17 heavy (non-hydrogen) atoms. The number of amides is 1. The van der Waals surface area contributed by atoms with Crippen molar-refractivity contribution in [3.8, 4) is 10.6 Å². The van der Waals surface area contributed by atoms with Crippen LogP contribution in [0.2, 0.25) is 0 Å². The molecule has 1 amide bonds. The molecule has 0 unspecified atom stereocenters. The van der Waals surface area contributed by atoms with Gasteiger partial charge in [0.25, 0.3) is 5.91 Å². The van der Waals surface area contributed by atoms with Crippen LogP contribution in [0.5, 0.6) is 0 Å². The first-order chi connectivity index (χ1) is 8.25. The molecule has 1 aliphatic heterocycles. The molecule has 3 nitrogen and oxygen atoms in total. The van der Waals surface area contributed by atoms with Gasteiger partial charge in [0.2, 0.25) is 0 Å². The number of carbonyl (C=O) groups excluding carboxylic acids is 1. The van der Waals surface area contributed by atoms with Gasteiger partial charge in [-0.15, -0.1) is 11.3 Å². The van der Waals surface area contributed by atoms with E-state index in [0.29, 0.717) is 0 Å². The predicted molar refractivity (Wildman–Crippen MR) is 68.2 cm³/mol. The summed E-state index contributed by atoms with van der Waals surface area (Å²) in [6, 6.07) is 10.0. The van der Waals surface area contributed by atoms with Crippen molar-refractivity contribution in [2.75, 3.05) is 13.6 Å². The lowest BCUT2D eigenvalue weighted by Crippen LogP contribution is -2.33. The molecule has 0 N–H and O–H groups in total. The summed E-state index contributed by atoms with van der Waals surface area (Å²) in [4.78, 5) is 19.1. The normalized spacial score (nSPS) is 14.9. The summed E-state index contributed by atoms with van der Waals surface area (Å²) in [5.41, 5.74) is 2.04. The molecule has 0 spiro atoms. The maximum absolute atomic E-state index is 12.0. The summed E-state index contributed by atoms with van der Waals surface area (Å²) in [6.07, 6.45) is 0.862. The van der Waals surface area contributed by atoms with Crippen LogP contribution in [-0.2, 0) is 6.42 Å². The van der Waals surface area contributed by atoms with Crippen LogP contribution in [0, 0.1) is 0 Å². The Labute approximate surface area is 104 Å². The van der Waals surface area contributed by atoms with E-state index >= 15 is 0 Å². The van der Waals surface area contributed by atoms with Crippen LogP contribution < -0.4 is 0 Å². The van der Waals surface area contributed by atoms with Crippen LogP contribution in [0.3, 0.4) is 0 Å². The second kappa shape index (κ2) is 3.96. The van der Waals surface area contributed by atoms with E-state index in [2.05, 4.69) is 4.98 Å². The molecule has 0 saturated carbocycles. The molecule has 0 atom stereocenters. The van der Waals surface area contributed by atoms with Gasteiger partial charge in [-0.3, -0.25) is 4.79 Å². The zero-order valence-corrected chi connectivity index (χ0v) is 10.3. The van der Waals surface area contributed by atoms with Crippen LogP contribution in [0.1, 0.15) is 15.4 Å². The van der Waals surface area contributed by atoms with E-state index in [0.717, 1.165) is 34.1 Å². The Morgan fingerprint density at radius 3 is 2.82 bits per heavy atom. The number of aromatic nitrogens is 1. The minimum atomic E-state index is 0.103. The zero-order valence-electron chi connectivity index (χ0n) is 9.51. The fraction of sp³-hybridized carbons (Fsp3) is 0.231. The Balaban J connectivity index is 2.06. The Morgan fingerprint density at radius 2 is 2.06 bits per heavy atom. The van der Waals surface area contributed by atoms with Crippen molar-refractivity contribution in [2.24, 2.45) is 0 Å². The monoisotopic (exact) mass is 244 g/mol. The quantitative estimate of drug-likeness (QED) is 0.772. The maximum Gasteiger partial charge on any atom is 0.265 e. The summed E-state index contributed by atoms with van der Waals surface area (Å²) in [5, 5.41) is 0.944. The number of carbonyl (C=O) groups is 1. The van der Waals surface area contributed by atoms with E-state index in [1.54, 1.807) is 4.90 Å². The summed E-state index contributed by atoms with van der Waals surface area (Å²) in [7, 11) is 1.84. The molecular weight excluding hydrogens is 232 g/mol. The molecule has 2 heterocycles. The number of benzene rings is 1. The fourth-order valence-corrected chi connectivity index (χ4v) is 3.05. The minimum absolute atomic E-state index is 0.103. The third kappa shape index (κ3) is 1.74. The summed E-state index contributed by atoms with van der Waals surface area (Å²) in [6.45, 7) is 0.768. The van der Waals surface area contributed by atoms with Crippen LogP contribution in [0.25, 0.3) is 10.6 Å². The third-order valence-corrected chi connectivity index (χ3v) is 4.08. The molecule has 0 bridgehead atoms. The fourth-order valence-electron chi connectivity index (χ4n) is 1.94. The van der Waals surface area contributed by atoms with Gasteiger partial charge in [-0.05, 0) is 0 Å². The Morgan fingerprint density at radius 1 is 1.29 bits per heavy atom. The van der Waals surface area contributed by atoms with E-state index < -0.39 is 0 Å². The number of nitrogens with zero attached hydrogens (tertiary/aromatic N) is 2. The number of hydrogen-bond donors (Lipinski definition) is 0. The first-order valence-electron chi connectivity index (χ1n) is 5.56. The van der Waals surface area contributed by atoms with Crippen LogP contribution in [-0.4, -0.2) is 29.4 Å². The molecule has 0 fully saturated rings. The largest absolute Gasteiger partial charge is 0.341 e. The van der Waals surface area contributed by atoms with Crippen molar-refractivity contribution >= 4 is 17.2 Å². The smallest absolute Gasteiger partial charge is 0.265 e. The van der Waals surface area contributed by atoms with Crippen molar-refractivity contribution in [3.05, 3.63) is 40.9 Å². The van der Waals surface area contributed by atoms with E-state index in [9.17, 15) is 4.79 Å². The van der Waals surface area contributed by atoms with Crippen LogP contribution in [0.15, 0.2) is 30.3 Å². The van der Waals surface area contributed by atoms with Crippen molar-refractivity contribution in [1.82, 2.24) is 9.88 Å². The highest BCUT2D eigenvalue weighted by molar-refractivity contribution is 7.17. The van der Waals surface area contributed by atoms with E-state index in [4.69, 9.17) is 0 Å². The van der Waals surface area contributed by atoms with E-state index in [1.807, 2.05) is 37.4 Å². The standard InChI is InChI=1S/C13H12N2OS/c1-15-8-7-10-11(13(15)16)17-12(14-10)9-5-3-2-4-6-9/h2-6H,7-8H2,1H3. The Hall–Kier alpha value is -1.68. The van der Waals surface area contributed by atoms with Gasteiger partial charge in [0.05, 0.1) is 5.69 Å². The first-order valence-corrected chi connectivity index (χ1v) is 6.38. The van der Waals surface area contributed by atoms with Gasteiger partial charge >= 0.3 is 0 Å². The van der Waals surface area contributed by atoms with Crippen molar-refractivity contribution in [3.63, 3.8) is 0 Å². The molecular formula is C13H12N2OS. The van der Waals surface area contributed by atoms with Gasteiger partial charge in [0.1, 0.15) is 9.88 Å². The second-order valence-corrected chi connectivity index (χ2v) is 5.14. The lowest BCUT2D eigenvalue weighted by molar-refractivity contribution is 0.0785. The van der Waals surface area contributed by atoms with E-state index in [-0.39, 0.29) is 5.91 Å². The average Bonchev–Trinajstić information content (AvgIpc) is 2.80. The minimum Gasteiger partial charge on any atom is -0.341 e. The van der Waals surface area contributed by atoms with Gasteiger partial charge in [0.15, 0.2) is 0 Å². The molecule has 0 aliphatic carbocycles. The highest BCUT2D eigenvalue weighted by Crippen LogP contribution is 2.30. The summed E-state index contributed by atoms with van der Waals surface area (Å²) >= 11 is 1.50. The highest BCUT2D eigenvalue weighted by atomic mass is 32.1. The maximum atomic E-state index is 12.0. The van der Waals surface area contributed by atoms with Crippen LogP contribution >= 0.6 is 11.3 Å². The number of rotatable bonds is 1. The SMILES string of the molecule is CN1CCc2nc(-c3ccccc3)sc2C1=O. The van der Waals surface area contributed by atoms with Gasteiger partial charge in [-0.25, -0.2) is 4.98 Å². The van der Waals surface area contributed by atoms with Crippen LogP contribution in [0.4, 0.5) is 0 Å². The molecule has 1 aromatic heterocycles. The van der Waals surface area contributed by atoms with Gasteiger partial charge < -0.3 is 4.90 Å². The predicted octanol–water partition coefficient (Wildman–Crippen LogP) is 2.44. The molecule has 0 saturated heterocycles. The van der Waals surface area contributed by atoms with Gasteiger partial charge in [-0.1, -0.05) is 30.3 Å². The third-order valence-electron chi connectivity index (χ3n) is 2.94. The summed E-state index contributed by atoms with van der Waals surface area (Å²) < 4.78 is 0. The molecule has 1 aromatic carbocycles. The lowest BCUT2D eigenvalue weighted by atomic mass is 10.2. The van der Waals surface area contributed by atoms with Gasteiger partial charge in [-0.2, -0.15) is 0 Å². The average molecular weight is 244 g/mol. The topological polar surface area (TPSA) is 33.2 Å². The van der Waals surface area contributed by atoms with Crippen molar-refractivity contribution in [2.45, 2.75) is 6.42 Å². The lowest BCUT2D eigenvalue weighted by Gasteiger charge is -2.20. The number of fused-ring (bicyclic) bond motifs is 1. The van der Waals surface area contributed by atoms with Crippen molar-refractivity contribution < 1.29 is 4.79 Å². The first kappa shape index (κ1) is 10.5. The Bertz CT molecular complexity index is 562. The number of likely N-dealkylation sites (N-methyl/N-ethyl adjacent to an activating group) is 1. The molecule has 86 valence electrons. The molecule has 0 radical (unpaired) electrons. The Kier molecular flexibility index (Phi) is 2.44. The van der Waals surface area contributed by atoms with Crippen molar-refractivity contribution in [1.29, 1.82) is 0 Å². The number of thiazole rings is 1. The molecule has 2 aromatic rings. The second-order valence-electron chi connectivity index (χ2n) is 4.14. The molecule has 3 rings (SSSR count). The van der Waals surface area contributed by atoms with E-state index in [1.165, 1.54) is 11.3 Å².